The number of nitrogens with one attached hydrogen (secondary N) is 1. The number of carboxylic acids is 1. The SMILES string of the molecule is CNC(CCOC1CC(C)CC(C)(C)C1)C(=O)O. The summed E-state index contributed by atoms with van der Waals surface area (Å²) in [6.07, 6.45) is 4.24. The number of hydrogen-bond donors (Lipinski definition) is 2. The van der Waals surface area contributed by atoms with Gasteiger partial charge in [0.2, 0.25) is 0 Å². The molecule has 18 heavy (non-hydrogen) atoms. The van der Waals surface area contributed by atoms with E-state index in [2.05, 4.69) is 26.1 Å². The third kappa shape index (κ3) is 4.94. The molecule has 4 heteroatoms. The first kappa shape index (κ1) is 15.4. The van der Waals surface area contributed by atoms with Gasteiger partial charge in [-0.2, -0.15) is 0 Å². The van der Waals surface area contributed by atoms with Crippen molar-refractivity contribution in [2.45, 2.75) is 58.6 Å². The summed E-state index contributed by atoms with van der Waals surface area (Å²) in [5.74, 6) is -0.114. The normalized spacial score (nSPS) is 28.9. The van der Waals surface area contributed by atoms with Crippen molar-refractivity contribution in [1.82, 2.24) is 5.32 Å². The molecule has 0 spiro atoms. The monoisotopic (exact) mass is 257 g/mol. The minimum atomic E-state index is -0.807. The Morgan fingerprint density at radius 2 is 2.17 bits per heavy atom. The van der Waals surface area contributed by atoms with Crippen molar-refractivity contribution in [2.24, 2.45) is 11.3 Å². The van der Waals surface area contributed by atoms with E-state index < -0.39 is 12.0 Å². The quantitative estimate of drug-likeness (QED) is 0.766. The Hall–Kier alpha value is -0.610. The third-order valence-corrected chi connectivity index (χ3v) is 3.75. The Morgan fingerprint density at radius 1 is 1.50 bits per heavy atom. The summed E-state index contributed by atoms with van der Waals surface area (Å²) in [5.41, 5.74) is 0.345. The smallest absolute Gasteiger partial charge is 0.320 e. The van der Waals surface area contributed by atoms with Gasteiger partial charge in [-0.1, -0.05) is 20.8 Å². The molecule has 1 saturated carbocycles. The molecule has 0 aromatic heterocycles. The number of likely N-dealkylation sites (N-methyl/N-ethyl adjacent to an activating group) is 1. The molecule has 3 unspecified atom stereocenters. The first-order valence-corrected chi connectivity index (χ1v) is 6.86. The van der Waals surface area contributed by atoms with Gasteiger partial charge in [0.15, 0.2) is 0 Å². The number of ether oxygens (including phenoxy) is 1. The first-order valence-electron chi connectivity index (χ1n) is 6.86. The molecule has 0 bridgehead atoms. The molecule has 3 atom stereocenters. The second-order valence-corrected chi connectivity index (χ2v) is 6.37. The summed E-state index contributed by atoms with van der Waals surface area (Å²) < 4.78 is 5.87. The lowest BCUT2D eigenvalue weighted by atomic mass is 9.71. The van der Waals surface area contributed by atoms with Crippen LogP contribution in [0.25, 0.3) is 0 Å². The first-order chi connectivity index (χ1) is 8.34. The lowest BCUT2D eigenvalue weighted by Gasteiger charge is -2.38. The second-order valence-electron chi connectivity index (χ2n) is 6.37. The van der Waals surface area contributed by atoms with Crippen LogP contribution in [0.4, 0.5) is 0 Å². The fraction of sp³-hybridized carbons (Fsp3) is 0.929. The average Bonchev–Trinajstić information content (AvgIpc) is 2.20. The van der Waals surface area contributed by atoms with Crippen molar-refractivity contribution >= 4 is 5.97 Å². The number of carbonyl (C=O) groups is 1. The van der Waals surface area contributed by atoms with Crippen LogP contribution in [0.3, 0.4) is 0 Å². The summed E-state index contributed by atoms with van der Waals surface area (Å²) in [7, 11) is 1.67. The van der Waals surface area contributed by atoms with E-state index in [1.807, 2.05) is 0 Å². The van der Waals surface area contributed by atoms with Crippen LogP contribution in [-0.4, -0.2) is 36.9 Å². The van der Waals surface area contributed by atoms with Gasteiger partial charge >= 0.3 is 5.97 Å². The van der Waals surface area contributed by atoms with Gasteiger partial charge in [-0.3, -0.25) is 4.79 Å². The molecule has 1 aliphatic carbocycles. The average molecular weight is 257 g/mol. The summed E-state index contributed by atoms with van der Waals surface area (Å²) in [5, 5.41) is 11.7. The van der Waals surface area contributed by atoms with Crippen LogP contribution < -0.4 is 5.32 Å². The molecular formula is C14H27NO3. The molecule has 0 aromatic rings. The largest absolute Gasteiger partial charge is 0.480 e. The standard InChI is InChI=1S/C14H27NO3/c1-10-7-11(9-14(2,3)8-10)18-6-5-12(15-4)13(16)17/h10-12,15H,5-9H2,1-4H3,(H,16,17). The van der Waals surface area contributed by atoms with E-state index in [0.29, 0.717) is 24.4 Å². The van der Waals surface area contributed by atoms with Gasteiger partial charge in [0.25, 0.3) is 0 Å². The molecule has 2 N–H and O–H groups in total. The maximum Gasteiger partial charge on any atom is 0.320 e. The van der Waals surface area contributed by atoms with Gasteiger partial charge in [-0.05, 0) is 44.1 Å². The molecule has 0 aromatic carbocycles. The fourth-order valence-corrected chi connectivity index (χ4v) is 3.13. The van der Waals surface area contributed by atoms with E-state index in [0.717, 1.165) is 12.8 Å². The fourth-order valence-electron chi connectivity index (χ4n) is 3.13. The van der Waals surface area contributed by atoms with Crippen molar-refractivity contribution in [3.63, 3.8) is 0 Å². The summed E-state index contributed by atoms with van der Waals surface area (Å²) in [6.45, 7) is 7.36. The molecule has 0 amide bonds. The maximum absolute atomic E-state index is 10.8. The molecule has 0 aliphatic heterocycles. The van der Waals surface area contributed by atoms with Gasteiger partial charge in [0.1, 0.15) is 6.04 Å². The van der Waals surface area contributed by atoms with E-state index in [9.17, 15) is 4.79 Å². The van der Waals surface area contributed by atoms with Gasteiger partial charge < -0.3 is 15.2 Å². The minimum absolute atomic E-state index is 0.287. The van der Waals surface area contributed by atoms with E-state index in [4.69, 9.17) is 9.84 Å². The Balaban J connectivity index is 2.32. The van der Waals surface area contributed by atoms with Crippen LogP contribution in [0.2, 0.25) is 0 Å². The molecular weight excluding hydrogens is 230 g/mol. The molecule has 106 valence electrons. The summed E-state index contributed by atoms with van der Waals surface area (Å²) in [4.78, 5) is 10.8. The van der Waals surface area contributed by atoms with Crippen molar-refractivity contribution in [2.75, 3.05) is 13.7 Å². The molecule has 4 nitrogen and oxygen atoms in total. The third-order valence-electron chi connectivity index (χ3n) is 3.75. The predicted molar refractivity (Wildman–Crippen MR) is 71.6 cm³/mol. The van der Waals surface area contributed by atoms with Crippen molar-refractivity contribution in [1.29, 1.82) is 0 Å². The molecule has 0 heterocycles. The van der Waals surface area contributed by atoms with Gasteiger partial charge in [-0.15, -0.1) is 0 Å². The van der Waals surface area contributed by atoms with Gasteiger partial charge in [0, 0.05) is 6.61 Å². The predicted octanol–water partition coefficient (Wildman–Crippen LogP) is 2.28. The lowest BCUT2D eigenvalue weighted by molar-refractivity contribution is -0.140. The van der Waals surface area contributed by atoms with Gasteiger partial charge in [-0.25, -0.2) is 0 Å². The van der Waals surface area contributed by atoms with Crippen LogP contribution in [0.1, 0.15) is 46.5 Å². The summed E-state index contributed by atoms with van der Waals surface area (Å²) in [6, 6.07) is -0.501. The highest BCUT2D eigenvalue weighted by Crippen LogP contribution is 2.39. The van der Waals surface area contributed by atoms with Crippen LogP contribution in [-0.2, 0) is 9.53 Å². The van der Waals surface area contributed by atoms with Crippen molar-refractivity contribution in [3.05, 3.63) is 0 Å². The Kier molecular flexibility index (Phi) is 5.60. The molecule has 0 saturated heterocycles. The van der Waals surface area contributed by atoms with Gasteiger partial charge in [0.05, 0.1) is 6.10 Å². The van der Waals surface area contributed by atoms with E-state index in [1.165, 1.54) is 6.42 Å². The number of rotatable bonds is 6. The zero-order valence-electron chi connectivity index (χ0n) is 12.0. The molecule has 1 aliphatic rings. The molecule has 1 rings (SSSR count). The number of carboxylic acid groups (broad SMARTS) is 1. The Morgan fingerprint density at radius 3 is 2.67 bits per heavy atom. The van der Waals surface area contributed by atoms with Crippen molar-refractivity contribution in [3.8, 4) is 0 Å². The lowest BCUT2D eigenvalue weighted by Crippen LogP contribution is -2.37. The van der Waals surface area contributed by atoms with Crippen LogP contribution in [0, 0.1) is 11.3 Å². The highest BCUT2D eigenvalue weighted by Gasteiger charge is 2.32. The number of hydrogen-bond acceptors (Lipinski definition) is 3. The zero-order chi connectivity index (χ0) is 13.8. The summed E-state index contributed by atoms with van der Waals surface area (Å²) >= 11 is 0. The highest BCUT2D eigenvalue weighted by molar-refractivity contribution is 5.73. The van der Waals surface area contributed by atoms with Crippen molar-refractivity contribution < 1.29 is 14.6 Å². The second kappa shape index (κ2) is 6.53. The molecule has 0 radical (unpaired) electrons. The minimum Gasteiger partial charge on any atom is -0.480 e. The molecule has 1 fully saturated rings. The Labute approximate surface area is 110 Å². The Bertz CT molecular complexity index is 278. The van der Waals surface area contributed by atoms with E-state index in [-0.39, 0.29) is 6.10 Å². The van der Waals surface area contributed by atoms with E-state index in [1.54, 1.807) is 7.05 Å². The van der Waals surface area contributed by atoms with Crippen LogP contribution >= 0.6 is 0 Å². The number of aliphatic carboxylic acids is 1. The van der Waals surface area contributed by atoms with Crippen LogP contribution in [0.5, 0.6) is 0 Å². The van der Waals surface area contributed by atoms with Crippen LogP contribution in [0.15, 0.2) is 0 Å². The highest BCUT2D eigenvalue weighted by atomic mass is 16.5. The maximum atomic E-state index is 10.8. The zero-order valence-corrected chi connectivity index (χ0v) is 12.0. The topological polar surface area (TPSA) is 58.6 Å². The van der Waals surface area contributed by atoms with E-state index >= 15 is 0 Å².